The van der Waals surface area contributed by atoms with Crippen LogP contribution in [0.1, 0.15) is 50.5 Å². The van der Waals surface area contributed by atoms with Crippen molar-refractivity contribution in [2.24, 2.45) is 0 Å². The molecule has 0 bridgehead atoms. The van der Waals surface area contributed by atoms with E-state index in [-0.39, 0.29) is 17.7 Å². The molecule has 1 aromatic rings. The first-order valence-corrected chi connectivity index (χ1v) is 8.54. The third-order valence-electron chi connectivity index (χ3n) is 3.68. The molecule has 0 aromatic carbocycles. The van der Waals surface area contributed by atoms with Crippen LogP contribution in [0.15, 0.2) is 10.6 Å². The predicted octanol–water partition coefficient (Wildman–Crippen LogP) is 2.07. The van der Waals surface area contributed by atoms with Gasteiger partial charge in [0.2, 0.25) is 5.91 Å². The zero-order chi connectivity index (χ0) is 14.5. The van der Waals surface area contributed by atoms with E-state index >= 15 is 0 Å². The molecule has 2 atom stereocenters. The summed E-state index contributed by atoms with van der Waals surface area (Å²) in [5.74, 6) is 0.685. The first-order valence-electron chi connectivity index (χ1n) is 7.16. The van der Waals surface area contributed by atoms with Crippen molar-refractivity contribution >= 4 is 16.7 Å². The quantitative estimate of drug-likeness (QED) is 0.903. The normalized spacial score (nSPS) is 19.5. The number of amides is 1. The molecule has 0 radical (unpaired) electrons. The largest absolute Gasteiger partial charge is 0.360 e. The fourth-order valence-corrected chi connectivity index (χ4v) is 3.41. The van der Waals surface area contributed by atoms with Crippen molar-refractivity contribution < 1.29 is 13.5 Å². The molecule has 1 amide bonds. The Morgan fingerprint density at radius 2 is 2.20 bits per heavy atom. The van der Waals surface area contributed by atoms with Crippen LogP contribution >= 0.6 is 0 Å². The molecular formula is C14H22N2O3S. The van der Waals surface area contributed by atoms with Gasteiger partial charge in [-0.15, -0.1) is 0 Å². The molecule has 5 nitrogen and oxygen atoms in total. The van der Waals surface area contributed by atoms with Gasteiger partial charge in [0.15, 0.2) is 0 Å². The molecule has 1 saturated carbocycles. The summed E-state index contributed by atoms with van der Waals surface area (Å²) in [6.07, 6.45) is 5.65. The molecule has 0 aliphatic heterocycles. The van der Waals surface area contributed by atoms with E-state index in [2.05, 4.69) is 10.5 Å². The highest BCUT2D eigenvalue weighted by Crippen LogP contribution is 2.18. The molecule has 1 N–H and O–H groups in total. The third kappa shape index (κ3) is 4.16. The van der Waals surface area contributed by atoms with Gasteiger partial charge in [0.25, 0.3) is 0 Å². The third-order valence-corrected chi connectivity index (χ3v) is 5.25. The lowest BCUT2D eigenvalue weighted by atomic mass is 9.95. The highest BCUT2D eigenvalue weighted by atomic mass is 32.2. The first kappa shape index (κ1) is 15.2. The Labute approximate surface area is 121 Å². The Morgan fingerprint density at radius 3 is 2.80 bits per heavy atom. The number of hydrogen-bond donors (Lipinski definition) is 1. The van der Waals surface area contributed by atoms with Crippen molar-refractivity contribution in [2.45, 2.75) is 63.0 Å². The van der Waals surface area contributed by atoms with Crippen molar-refractivity contribution in [3.8, 4) is 0 Å². The minimum Gasteiger partial charge on any atom is -0.360 e. The topological polar surface area (TPSA) is 72.2 Å². The first-order chi connectivity index (χ1) is 9.56. The zero-order valence-electron chi connectivity index (χ0n) is 12.1. The Bertz CT molecular complexity index is 481. The van der Waals surface area contributed by atoms with E-state index in [1.165, 1.54) is 19.3 Å². The van der Waals surface area contributed by atoms with Crippen molar-refractivity contribution in [1.82, 2.24) is 10.5 Å². The van der Waals surface area contributed by atoms with Gasteiger partial charge >= 0.3 is 0 Å². The van der Waals surface area contributed by atoms with Crippen LogP contribution in [-0.2, 0) is 21.3 Å². The maximum Gasteiger partial charge on any atom is 0.235 e. The van der Waals surface area contributed by atoms with E-state index < -0.39 is 16.0 Å². The highest BCUT2D eigenvalue weighted by molar-refractivity contribution is 7.85. The average Bonchev–Trinajstić information content (AvgIpc) is 2.84. The fraction of sp³-hybridized carbons (Fsp3) is 0.714. The number of hydrogen-bond acceptors (Lipinski definition) is 4. The highest BCUT2D eigenvalue weighted by Gasteiger charge is 2.24. The molecule has 0 spiro atoms. The molecule has 1 fully saturated rings. The van der Waals surface area contributed by atoms with Crippen molar-refractivity contribution in [3.63, 3.8) is 0 Å². The summed E-state index contributed by atoms with van der Waals surface area (Å²) < 4.78 is 17.2. The Hall–Kier alpha value is -1.17. The average molecular weight is 298 g/mol. The number of aryl methyl sites for hydroxylation is 1. The van der Waals surface area contributed by atoms with Crippen LogP contribution in [0.4, 0.5) is 0 Å². The number of rotatable bonds is 5. The summed E-state index contributed by atoms with van der Waals surface area (Å²) in [5, 5.41) is 6.24. The van der Waals surface area contributed by atoms with Gasteiger partial charge in [-0.25, -0.2) is 0 Å². The minimum atomic E-state index is -1.28. The number of carbonyl (C=O) groups is 1. The van der Waals surface area contributed by atoms with Gasteiger partial charge in [-0.3, -0.25) is 9.00 Å². The van der Waals surface area contributed by atoms with Gasteiger partial charge in [0.1, 0.15) is 11.0 Å². The van der Waals surface area contributed by atoms with Crippen molar-refractivity contribution in [1.29, 1.82) is 0 Å². The summed E-state index contributed by atoms with van der Waals surface area (Å²) >= 11 is 0. The summed E-state index contributed by atoms with van der Waals surface area (Å²) in [6, 6.07) is 2.01. The summed E-state index contributed by atoms with van der Waals surface area (Å²) in [5.41, 5.74) is 0.760. The predicted molar refractivity (Wildman–Crippen MR) is 77.6 cm³/mol. The standard InChI is InChI=1S/C14H22N2O3S/c1-10-8-13(19-16-10)9-20(18)11(2)14(17)15-12-6-4-3-5-7-12/h8,11-12H,3-7,9H2,1-2H3,(H,15,17). The number of aromatic nitrogens is 1. The number of nitrogens with one attached hydrogen (secondary N) is 1. The molecule has 1 heterocycles. The second-order valence-corrected chi connectivity index (χ2v) is 7.20. The van der Waals surface area contributed by atoms with Crippen LogP contribution in [0, 0.1) is 6.92 Å². The van der Waals surface area contributed by atoms with Crippen LogP contribution in [0.25, 0.3) is 0 Å². The molecule has 2 rings (SSSR count). The van der Waals surface area contributed by atoms with Gasteiger partial charge in [0.05, 0.1) is 11.4 Å². The maximum atomic E-state index is 12.2. The molecule has 1 aliphatic carbocycles. The lowest BCUT2D eigenvalue weighted by Crippen LogP contribution is -2.42. The second-order valence-electron chi connectivity index (χ2n) is 5.45. The van der Waals surface area contributed by atoms with Gasteiger partial charge < -0.3 is 9.84 Å². The number of nitrogens with zero attached hydrogens (tertiary/aromatic N) is 1. The lowest BCUT2D eigenvalue weighted by Gasteiger charge is -2.24. The van der Waals surface area contributed by atoms with E-state index in [9.17, 15) is 9.00 Å². The second kappa shape index (κ2) is 7.02. The molecular weight excluding hydrogens is 276 g/mol. The van der Waals surface area contributed by atoms with Gasteiger partial charge in [-0.05, 0) is 26.7 Å². The molecule has 20 heavy (non-hydrogen) atoms. The monoisotopic (exact) mass is 298 g/mol. The maximum absolute atomic E-state index is 12.2. The fourth-order valence-electron chi connectivity index (χ4n) is 2.43. The summed E-state index contributed by atoms with van der Waals surface area (Å²) in [7, 11) is -1.28. The van der Waals surface area contributed by atoms with E-state index in [1.807, 2.05) is 6.92 Å². The van der Waals surface area contributed by atoms with Crippen LogP contribution in [0.2, 0.25) is 0 Å². The summed E-state index contributed by atoms with van der Waals surface area (Å²) in [6.45, 7) is 3.52. The smallest absolute Gasteiger partial charge is 0.235 e. The number of carbonyl (C=O) groups excluding carboxylic acids is 1. The van der Waals surface area contributed by atoms with Crippen LogP contribution in [0.3, 0.4) is 0 Å². The van der Waals surface area contributed by atoms with E-state index in [4.69, 9.17) is 4.52 Å². The SMILES string of the molecule is Cc1cc(CS(=O)C(C)C(=O)NC2CCCCC2)on1. The van der Waals surface area contributed by atoms with E-state index in [0.717, 1.165) is 18.5 Å². The molecule has 112 valence electrons. The van der Waals surface area contributed by atoms with Crippen LogP contribution in [0.5, 0.6) is 0 Å². The lowest BCUT2D eigenvalue weighted by molar-refractivity contribution is -0.121. The van der Waals surface area contributed by atoms with Crippen LogP contribution in [-0.4, -0.2) is 26.6 Å². The Kier molecular flexibility index (Phi) is 5.34. The Morgan fingerprint density at radius 1 is 1.50 bits per heavy atom. The molecule has 2 unspecified atom stereocenters. The molecule has 1 aliphatic rings. The van der Waals surface area contributed by atoms with Gasteiger partial charge in [-0.2, -0.15) is 0 Å². The minimum absolute atomic E-state index is 0.119. The summed E-state index contributed by atoms with van der Waals surface area (Å²) in [4.78, 5) is 12.1. The molecule has 1 aromatic heterocycles. The molecule has 0 saturated heterocycles. The molecule has 6 heteroatoms. The van der Waals surface area contributed by atoms with E-state index in [0.29, 0.717) is 5.76 Å². The zero-order valence-corrected chi connectivity index (χ0v) is 12.9. The Balaban J connectivity index is 1.84. The van der Waals surface area contributed by atoms with E-state index in [1.54, 1.807) is 13.0 Å². The van der Waals surface area contributed by atoms with Crippen molar-refractivity contribution in [2.75, 3.05) is 0 Å². The van der Waals surface area contributed by atoms with Gasteiger partial charge in [-0.1, -0.05) is 24.4 Å². The van der Waals surface area contributed by atoms with Crippen molar-refractivity contribution in [3.05, 3.63) is 17.5 Å². The van der Waals surface area contributed by atoms with Crippen LogP contribution < -0.4 is 5.32 Å². The van der Waals surface area contributed by atoms with Gasteiger partial charge in [0, 0.05) is 22.9 Å².